The molecule has 268 valence electrons. The van der Waals surface area contributed by atoms with Crippen molar-refractivity contribution >= 4 is 6.29 Å². The fraction of sp³-hybridized carbons (Fsp3) is 0.960. The molecule has 0 bridgehead atoms. The first-order valence-electron chi connectivity index (χ1n) is 14.5. The summed E-state index contributed by atoms with van der Waals surface area (Å²) in [7, 11) is 0. The molecule has 4 fully saturated rings. The third-order valence-electron chi connectivity index (χ3n) is 8.95. The first-order chi connectivity index (χ1) is 21.7. The van der Waals surface area contributed by atoms with Gasteiger partial charge in [0, 0.05) is 0 Å². The second kappa shape index (κ2) is 15.2. The van der Waals surface area contributed by atoms with Crippen molar-refractivity contribution in [2.24, 2.45) is 0 Å². The fourth-order valence-corrected chi connectivity index (χ4v) is 6.14. The van der Waals surface area contributed by atoms with Crippen LogP contribution in [0, 0.1) is 0 Å². The van der Waals surface area contributed by atoms with Crippen LogP contribution in [0.5, 0.6) is 0 Å². The lowest BCUT2D eigenvalue weighted by atomic mass is 9.79. The Labute approximate surface area is 260 Å². The van der Waals surface area contributed by atoms with Crippen molar-refractivity contribution in [3.63, 3.8) is 0 Å². The molecular formula is C25H43NO20. The highest BCUT2D eigenvalue weighted by Gasteiger charge is 2.72. The second-order valence-electron chi connectivity index (χ2n) is 11.8. The number of rotatable bonds is 14. The summed E-state index contributed by atoms with van der Waals surface area (Å²) in [5.41, 5.74) is -1.60. The van der Waals surface area contributed by atoms with E-state index in [-0.39, 0.29) is 6.29 Å². The average molecular weight is 678 g/mol. The number of hydrogen-bond acceptors (Lipinski definition) is 21. The smallest absolute Gasteiger partial charge is 0.187 e. The summed E-state index contributed by atoms with van der Waals surface area (Å²) in [6.07, 6.45) is -30.8. The van der Waals surface area contributed by atoms with Gasteiger partial charge in [-0.05, 0) is 0 Å². The molecule has 3 aliphatic heterocycles. The quantitative estimate of drug-likeness (QED) is 0.0599. The highest BCUT2D eigenvalue weighted by atomic mass is 16.7. The first-order valence-corrected chi connectivity index (χ1v) is 14.5. The maximum Gasteiger partial charge on any atom is 0.187 e. The predicted molar refractivity (Wildman–Crippen MR) is 140 cm³/mol. The number of aldehydes is 1. The normalized spacial score (nSPS) is 48.6. The van der Waals surface area contributed by atoms with Crippen LogP contribution in [0.2, 0.25) is 0 Å². The molecule has 3 saturated heterocycles. The number of nitrogens with one attached hydrogen (secondary N) is 1. The number of aliphatic hydroxyl groups excluding tert-OH is 14. The lowest BCUT2D eigenvalue weighted by molar-refractivity contribution is -0.363. The zero-order chi connectivity index (χ0) is 34.2. The lowest BCUT2D eigenvalue weighted by Crippen LogP contribution is -2.71. The van der Waals surface area contributed by atoms with Crippen LogP contribution in [0.15, 0.2) is 0 Å². The molecule has 4 aliphatic rings. The Morgan fingerprint density at radius 2 is 1.35 bits per heavy atom. The Bertz CT molecular complexity index is 995. The van der Waals surface area contributed by atoms with Gasteiger partial charge in [-0.3, -0.25) is 0 Å². The molecule has 0 aromatic carbocycles. The van der Waals surface area contributed by atoms with E-state index in [0.29, 0.717) is 0 Å². The van der Waals surface area contributed by atoms with Gasteiger partial charge in [-0.15, -0.1) is 0 Å². The molecule has 4 rings (SSSR count). The number of epoxide rings is 1. The molecule has 0 spiro atoms. The van der Waals surface area contributed by atoms with Gasteiger partial charge in [-0.2, -0.15) is 0 Å². The number of ether oxygens (including phenoxy) is 5. The van der Waals surface area contributed by atoms with Crippen molar-refractivity contribution in [1.82, 2.24) is 5.32 Å². The fourth-order valence-electron chi connectivity index (χ4n) is 6.14. The molecule has 15 N–H and O–H groups in total. The summed E-state index contributed by atoms with van der Waals surface area (Å²) < 4.78 is 27.3. The van der Waals surface area contributed by atoms with E-state index in [2.05, 4.69) is 5.32 Å². The monoisotopic (exact) mass is 677 g/mol. The molecule has 20 atom stereocenters. The van der Waals surface area contributed by atoms with Gasteiger partial charge in [0.1, 0.15) is 97.2 Å². The van der Waals surface area contributed by atoms with Gasteiger partial charge >= 0.3 is 0 Å². The van der Waals surface area contributed by atoms with Gasteiger partial charge in [0.15, 0.2) is 18.9 Å². The Morgan fingerprint density at radius 3 is 1.91 bits per heavy atom. The molecule has 1 aliphatic carbocycles. The minimum Gasteiger partial charge on any atom is -0.394 e. The SMILES string of the molecule is O=CC(O)C(O)C(OC1OC(CO)C(OC2OC(CO)C(NC3C(O)C(O)C(O)C4(CO)OC34)C(O)C2O)C(O)C1O)C(O)CO. The third-order valence-corrected chi connectivity index (χ3v) is 8.95. The van der Waals surface area contributed by atoms with Crippen LogP contribution in [0.25, 0.3) is 0 Å². The maximum absolute atomic E-state index is 11.0. The molecule has 21 heteroatoms. The van der Waals surface area contributed by atoms with E-state index < -0.39 is 148 Å². The van der Waals surface area contributed by atoms with Crippen LogP contribution in [-0.2, 0) is 28.5 Å². The summed E-state index contributed by atoms with van der Waals surface area (Å²) >= 11 is 0. The molecule has 0 aromatic rings. The summed E-state index contributed by atoms with van der Waals surface area (Å²) in [5.74, 6) is 0. The molecule has 0 aromatic heterocycles. The molecule has 20 unspecified atom stereocenters. The van der Waals surface area contributed by atoms with E-state index in [1.165, 1.54) is 0 Å². The maximum atomic E-state index is 11.0. The zero-order valence-electron chi connectivity index (χ0n) is 24.1. The van der Waals surface area contributed by atoms with Crippen LogP contribution in [0.4, 0.5) is 0 Å². The Kier molecular flexibility index (Phi) is 12.4. The molecule has 1 saturated carbocycles. The predicted octanol–water partition coefficient (Wildman–Crippen LogP) is -10.5. The average Bonchev–Trinajstić information content (AvgIpc) is 3.81. The van der Waals surface area contributed by atoms with E-state index in [9.17, 15) is 76.3 Å². The molecule has 0 amide bonds. The number of aliphatic hydroxyl groups is 14. The van der Waals surface area contributed by atoms with Crippen molar-refractivity contribution in [3.05, 3.63) is 0 Å². The van der Waals surface area contributed by atoms with Gasteiger partial charge in [-0.25, -0.2) is 0 Å². The summed E-state index contributed by atoms with van der Waals surface area (Å²) in [6, 6.07) is -2.61. The van der Waals surface area contributed by atoms with Crippen LogP contribution in [0.3, 0.4) is 0 Å². The molecule has 3 heterocycles. The zero-order valence-corrected chi connectivity index (χ0v) is 24.1. The molecule has 21 nitrogen and oxygen atoms in total. The Hall–Kier alpha value is -1.13. The van der Waals surface area contributed by atoms with Gasteiger partial charge in [0.2, 0.25) is 0 Å². The summed E-state index contributed by atoms with van der Waals surface area (Å²) in [6.45, 7) is -3.53. The molecule has 0 radical (unpaired) electrons. The van der Waals surface area contributed by atoms with Crippen molar-refractivity contribution in [2.45, 2.75) is 122 Å². The van der Waals surface area contributed by atoms with Crippen molar-refractivity contribution in [2.75, 3.05) is 26.4 Å². The van der Waals surface area contributed by atoms with E-state index in [1.54, 1.807) is 0 Å². The van der Waals surface area contributed by atoms with Crippen molar-refractivity contribution < 1.29 is 100.0 Å². The van der Waals surface area contributed by atoms with Gasteiger partial charge in [0.05, 0.1) is 38.5 Å². The highest BCUT2D eigenvalue weighted by molar-refractivity contribution is 5.56. The first kappa shape index (κ1) is 37.7. The second-order valence-corrected chi connectivity index (χ2v) is 11.8. The van der Waals surface area contributed by atoms with Gasteiger partial charge in [0.25, 0.3) is 0 Å². The van der Waals surface area contributed by atoms with E-state index in [4.69, 9.17) is 23.7 Å². The van der Waals surface area contributed by atoms with Crippen molar-refractivity contribution in [3.8, 4) is 0 Å². The topological polar surface area (TPSA) is 362 Å². The largest absolute Gasteiger partial charge is 0.394 e. The van der Waals surface area contributed by atoms with E-state index >= 15 is 0 Å². The van der Waals surface area contributed by atoms with Crippen LogP contribution >= 0.6 is 0 Å². The van der Waals surface area contributed by atoms with E-state index in [0.717, 1.165) is 0 Å². The molecule has 46 heavy (non-hydrogen) atoms. The Balaban J connectivity index is 1.45. The number of carbonyl (C=O) groups excluding carboxylic acids is 1. The summed E-state index contributed by atoms with van der Waals surface area (Å²) in [4.78, 5) is 10.9. The molecular weight excluding hydrogens is 634 g/mol. The van der Waals surface area contributed by atoms with E-state index in [1.807, 2.05) is 0 Å². The standard InChI is InChI=1S/C25H43NO20/c27-1-6(32)12(34)19(7(33)2-28)44-24-18(40)15(37)20(9(4-30)43-24)45-23-17(39)13(35)10(8(3-29)42-23)26-11-14(36)16(38)21(41)25(5-31)22(11)46-25/h1,6-24,26,28-41H,2-5H2. The van der Waals surface area contributed by atoms with Gasteiger partial charge in [-0.1, -0.05) is 0 Å². The van der Waals surface area contributed by atoms with Crippen LogP contribution in [-0.4, -0.2) is 226 Å². The van der Waals surface area contributed by atoms with Crippen molar-refractivity contribution in [1.29, 1.82) is 0 Å². The van der Waals surface area contributed by atoms with Crippen LogP contribution in [0.1, 0.15) is 0 Å². The lowest BCUT2D eigenvalue weighted by Gasteiger charge is -2.48. The minimum atomic E-state index is -2.13. The Morgan fingerprint density at radius 1 is 0.761 bits per heavy atom. The van der Waals surface area contributed by atoms with Crippen LogP contribution < -0.4 is 5.32 Å². The minimum absolute atomic E-state index is 0.0881. The third kappa shape index (κ3) is 6.83. The summed E-state index contributed by atoms with van der Waals surface area (Å²) in [5, 5.41) is 146. The number of hydrogen-bond donors (Lipinski definition) is 15. The van der Waals surface area contributed by atoms with Gasteiger partial charge < -0.3 is 105 Å². The number of fused-ring (bicyclic) bond motifs is 1. The number of carbonyl (C=O) groups is 1. The highest BCUT2D eigenvalue weighted by Crippen LogP contribution is 2.48.